The number of rotatable bonds is 6. The van der Waals surface area contributed by atoms with Crippen molar-refractivity contribution in [1.82, 2.24) is 0 Å². The molecule has 0 fully saturated rings. The molecule has 0 bridgehead atoms. The van der Waals surface area contributed by atoms with Gasteiger partial charge < -0.3 is 11.7 Å². The van der Waals surface area contributed by atoms with Gasteiger partial charge in [0.15, 0.2) is 0 Å². The third kappa shape index (κ3) is 5.35. The molecular weight excluding hydrogens is 214 g/mol. The number of carbonyl (C=O) groups is 1. The van der Waals surface area contributed by atoms with Gasteiger partial charge >= 0.3 is 5.97 Å². The molecule has 102 valence electrons. The SMILES string of the molecule is C=C(C)C(=O)OC(C)[N+](CC)(CC)CC.[CH2-]C. The summed E-state index contributed by atoms with van der Waals surface area (Å²) in [4.78, 5) is 11.4. The van der Waals surface area contributed by atoms with Crippen LogP contribution in [0.2, 0.25) is 0 Å². The normalized spacial score (nSPS) is 12.2. The molecule has 3 heteroatoms. The summed E-state index contributed by atoms with van der Waals surface area (Å²) in [6, 6.07) is 0. The van der Waals surface area contributed by atoms with E-state index in [1.165, 1.54) is 0 Å². The van der Waals surface area contributed by atoms with Gasteiger partial charge in [0.25, 0.3) is 0 Å². The van der Waals surface area contributed by atoms with Crippen LogP contribution in [-0.2, 0) is 9.53 Å². The van der Waals surface area contributed by atoms with Gasteiger partial charge in [0.2, 0.25) is 6.23 Å². The van der Waals surface area contributed by atoms with Crippen molar-refractivity contribution >= 4 is 5.97 Å². The number of nitrogens with zero attached hydrogens (tertiary/aromatic N) is 1. The first-order chi connectivity index (χ1) is 7.93. The quantitative estimate of drug-likeness (QED) is 0.235. The van der Waals surface area contributed by atoms with E-state index in [1.807, 2.05) is 6.92 Å². The molecule has 3 nitrogen and oxygen atoms in total. The summed E-state index contributed by atoms with van der Waals surface area (Å²) in [7, 11) is 0. The maximum absolute atomic E-state index is 11.4. The molecule has 0 heterocycles. The van der Waals surface area contributed by atoms with E-state index in [0.717, 1.165) is 24.1 Å². The predicted octanol–water partition coefficient (Wildman–Crippen LogP) is 3.17. The standard InChI is InChI=1S/C12H24NO2.C2H5/c1-7-13(8-2,9-3)11(6)15-12(14)10(4)5;1-2/h11H,4,7-9H2,1-3,5-6H3;1H2,2H3/q+1;-1. The summed E-state index contributed by atoms with van der Waals surface area (Å²) in [5.41, 5.74) is 0.461. The Hall–Kier alpha value is -0.830. The Kier molecular flexibility index (Phi) is 10.1. The molecule has 0 aliphatic rings. The molecular formula is C14H29NO2. The zero-order chi connectivity index (χ0) is 14.1. The van der Waals surface area contributed by atoms with Crippen LogP contribution >= 0.6 is 0 Å². The lowest BCUT2D eigenvalue weighted by Gasteiger charge is -2.40. The summed E-state index contributed by atoms with van der Waals surface area (Å²) < 4.78 is 6.19. The van der Waals surface area contributed by atoms with E-state index in [0.29, 0.717) is 5.57 Å². The van der Waals surface area contributed by atoms with Crippen molar-refractivity contribution in [3.05, 3.63) is 19.1 Å². The summed E-state index contributed by atoms with van der Waals surface area (Å²) in [6.45, 7) is 21.5. The highest BCUT2D eigenvalue weighted by Gasteiger charge is 2.31. The second-order valence-electron chi connectivity index (χ2n) is 3.95. The Morgan fingerprint density at radius 1 is 1.24 bits per heavy atom. The molecule has 0 aromatic rings. The molecule has 0 rings (SSSR count). The first-order valence-electron chi connectivity index (χ1n) is 6.36. The highest BCUT2D eigenvalue weighted by molar-refractivity contribution is 5.86. The third-order valence-corrected chi connectivity index (χ3v) is 3.29. The van der Waals surface area contributed by atoms with Crippen LogP contribution in [0.1, 0.15) is 41.5 Å². The smallest absolute Gasteiger partial charge is 0.337 e. The minimum absolute atomic E-state index is 0.103. The fourth-order valence-electron chi connectivity index (χ4n) is 1.81. The maximum Gasteiger partial charge on any atom is 0.337 e. The van der Waals surface area contributed by atoms with Crippen LogP contribution in [0.4, 0.5) is 0 Å². The predicted molar refractivity (Wildman–Crippen MR) is 73.3 cm³/mol. The molecule has 1 atom stereocenters. The number of quaternary nitrogens is 1. The van der Waals surface area contributed by atoms with Crippen LogP contribution in [0.15, 0.2) is 12.2 Å². The molecule has 0 aliphatic carbocycles. The molecule has 1 unspecified atom stereocenters. The molecule has 0 spiro atoms. The van der Waals surface area contributed by atoms with Crippen molar-refractivity contribution in [2.45, 2.75) is 47.8 Å². The van der Waals surface area contributed by atoms with Gasteiger partial charge in [0.05, 0.1) is 19.6 Å². The van der Waals surface area contributed by atoms with E-state index in [-0.39, 0.29) is 12.2 Å². The fourth-order valence-corrected chi connectivity index (χ4v) is 1.81. The Bertz CT molecular complexity index is 224. The van der Waals surface area contributed by atoms with Gasteiger partial charge in [-0.15, -0.1) is 0 Å². The van der Waals surface area contributed by atoms with Crippen LogP contribution in [0, 0.1) is 6.92 Å². The minimum atomic E-state index is -0.291. The Morgan fingerprint density at radius 3 is 1.82 bits per heavy atom. The Balaban J connectivity index is 0. The van der Waals surface area contributed by atoms with Crippen molar-refractivity contribution in [2.75, 3.05) is 19.6 Å². The van der Waals surface area contributed by atoms with Crippen LogP contribution in [-0.4, -0.2) is 36.3 Å². The molecule has 0 aliphatic heterocycles. The highest BCUT2D eigenvalue weighted by atomic mass is 16.6. The second-order valence-corrected chi connectivity index (χ2v) is 3.95. The minimum Gasteiger partial charge on any atom is -0.409 e. The van der Waals surface area contributed by atoms with Gasteiger partial charge in [0, 0.05) is 12.5 Å². The molecule has 0 radical (unpaired) electrons. The second kappa shape index (κ2) is 9.23. The summed E-state index contributed by atoms with van der Waals surface area (Å²) in [5.74, 6) is -0.291. The van der Waals surface area contributed by atoms with E-state index in [1.54, 1.807) is 13.8 Å². The number of hydrogen-bond donors (Lipinski definition) is 0. The average Bonchev–Trinajstić information content (AvgIpc) is 2.34. The number of esters is 1. The van der Waals surface area contributed by atoms with E-state index in [9.17, 15) is 4.79 Å². The van der Waals surface area contributed by atoms with E-state index in [2.05, 4.69) is 34.3 Å². The third-order valence-electron chi connectivity index (χ3n) is 3.29. The zero-order valence-electron chi connectivity index (χ0n) is 12.4. The molecule has 0 N–H and O–H groups in total. The Morgan fingerprint density at radius 2 is 1.59 bits per heavy atom. The monoisotopic (exact) mass is 243 g/mol. The zero-order valence-corrected chi connectivity index (χ0v) is 12.4. The fraction of sp³-hybridized carbons (Fsp3) is 0.714. The molecule has 17 heavy (non-hydrogen) atoms. The van der Waals surface area contributed by atoms with Crippen LogP contribution < -0.4 is 0 Å². The average molecular weight is 243 g/mol. The molecule has 0 aromatic carbocycles. The van der Waals surface area contributed by atoms with Crippen molar-refractivity contribution in [2.24, 2.45) is 0 Å². The molecule has 0 saturated carbocycles. The molecule has 0 amide bonds. The van der Waals surface area contributed by atoms with Crippen molar-refractivity contribution in [3.8, 4) is 0 Å². The lowest BCUT2D eigenvalue weighted by Crippen LogP contribution is -2.55. The van der Waals surface area contributed by atoms with Gasteiger partial charge in [-0.2, -0.15) is 6.92 Å². The molecule has 0 aromatic heterocycles. The van der Waals surface area contributed by atoms with Crippen LogP contribution in [0.5, 0.6) is 0 Å². The summed E-state index contributed by atoms with van der Waals surface area (Å²) in [5, 5.41) is 0. The van der Waals surface area contributed by atoms with Gasteiger partial charge in [-0.25, -0.2) is 4.79 Å². The van der Waals surface area contributed by atoms with Gasteiger partial charge in [0.1, 0.15) is 0 Å². The van der Waals surface area contributed by atoms with Gasteiger partial charge in [-0.1, -0.05) is 6.58 Å². The van der Waals surface area contributed by atoms with Crippen LogP contribution in [0.3, 0.4) is 0 Å². The maximum atomic E-state index is 11.4. The summed E-state index contributed by atoms with van der Waals surface area (Å²) in [6.07, 6.45) is -0.103. The van der Waals surface area contributed by atoms with Crippen LogP contribution in [0.25, 0.3) is 0 Å². The van der Waals surface area contributed by atoms with Crippen molar-refractivity contribution in [1.29, 1.82) is 0 Å². The van der Waals surface area contributed by atoms with E-state index < -0.39 is 0 Å². The highest BCUT2D eigenvalue weighted by Crippen LogP contribution is 2.15. The van der Waals surface area contributed by atoms with Gasteiger partial charge in [-0.05, 0) is 27.7 Å². The lowest BCUT2D eigenvalue weighted by atomic mass is 10.3. The summed E-state index contributed by atoms with van der Waals surface area (Å²) >= 11 is 0. The topological polar surface area (TPSA) is 26.3 Å². The van der Waals surface area contributed by atoms with Gasteiger partial charge in [-0.3, -0.25) is 4.48 Å². The lowest BCUT2D eigenvalue weighted by molar-refractivity contribution is -0.962. The first-order valence-corrected chi connectivity index (χ1v) is 6.36. The van der Waals surface area contributed by atoms with Crippen molar-refractivity contribution < 1.29 is 14.0 Å². The van der Waals surface area contributed by atoms with E-state index in [4.69, 9.17) is 4.74 Å². The first kappa shape index (κ1) is 18.5. The van der Waals surface area contributed by atoms with Crippen molar-refractivity contribution in [3.63, 3.8) is 0 Å². The number of carbonyl (C=O) groups excluding carboxylic acids is 1. The number of hydrogen-bond acceptors (Lipinski definition) is 2. The Labute approximate surface area is 107 Å². The molecule has 0 saturated heterocycles. The van der Waals surface area contributed by atoms with E-state index >= 15 is 0 Å². The largest absolute Gasteiger partial charge is 0.409 e. The number of ether oxygens (including phenoxy) is 1.